The third-order valence-electron chi connectivity index (χ3n) is 6.64. The fraction of sp³-hybridized carbons (Fsp3) is 0.556. The molecule has 2 fully saturated rings. The van der Waals surface area contributed by atoms with Gasteiger partial charge in [-0.1, -0.05) is 25.7 Å². The number of ether oxygens (including phenoxy) is 1. The third kappa shape index (κ3) is 11.4. The first-order valence-corrected chi connectivity index (χ1v) is 13.6. The topological polar surface area (TPSA) is 114 Å². The lowest BCUT2D eigenvalue weighted by Gasteiger charge is -2.20. The molecule has 1 atom stereocenters. The number of hydrogen-bond acceptors (Lipinski definition) is 5. The number of alkyl halides is 6. The highest BCUT2D eigenvalue weighted by molar-refractivity contribution is 5.98. The van der Waals surface area contributed by atoms with Crippen molar-refractivity contribution in [2.45, 2.75) is 71.0 Å². The van der Waals surface area contributed by atoms with Gasteiger partial charge in [0.25, 0.3) is 5.91 Å². The summed E-state index contributed by atoms with van der Waals surface area (Å²) in [4.78, 5) is 36.3. The second-order valence-electron chi connectivity index (χ2n) is 10.4. The number of carbonyl (C=O) groups excluding carboxylic acids is 3. The number of benzene rings is 1. The molecule has 0 saturated heterocycles. The number of amides is 3. The molecule has 4 rings (SSSR count). The first kappa shape index (κ1) is 33.6. The molecule has 238 valence electrons. The molecule has 0 aliphatic heterocycles. The molecule has 3 amide bonds. The van der Waals surface area contributed by atoms with E-state index in [1.54, 1.807) is 39.0 Å². The Labute approximate surface area is 242 Å². The van der Waals surface area contributed by atoms with Crippen molar-refractivity contribution in [2.24, 2.45) is 11.8 Å². The van der Waals surface area contributed by atoms with Gasteiger partial charge in [-0.2, -0.15) is 18.3 Å². The molecule has 1 unspecified atom stereocenters. The SMILES string of the molecule is C1CC1CC1CC1.CCn1nccc1C(=O)NCC(=O)Nc1cc(OC(F)(F)F)c(C(C)C(=O)NCC(F)(F)F)cc1F. The van der Waals surface area contributed by atoms with Crippen LogP contribution in [0.2, 0.25) is 0 Å². The molecule has 16 heteroatoms. The summed E-state index contributed by atoms with van der Waals surface area (Å²) in [5, 5.41) is 9.55. The van der Waals surface area contributed by atoms with Crippen molar-refractivity contribution in [2.75, 3.05) is 18.4 Å². The minimum Gasteiger partial charge on any atom is -0.405 e. The summed E-state index contributed by atoms with van der Waals surface area (Å²) in [6.45, 7) is 0.560. The Morgan fingerprint density at radius 3 is 2.21 bits per heavy atom. The van der Waals surface area contributed by atoms with Crippen LogP contribution in [0.3, 0.4) is 0 Å². The molecule has 1 heterocycles. The first-order valence-electron chi connectivity index (χ1n) is 13.6. The van der Waals surface area contributed by atoms with Crippen molar-refractivity contribution in [3.05, 3.63) is 41.5 Å². The fourth-order valence-corrected chi connectivity index (χ4v) is 4.10. The molecule has 0 spiro atoms. The summed E-state index contributed by atoms with van der Waals surface area (Å²) in [5.74, 6) is -4.80. The van der Waals surface area contributed by atoms with Gasteiger partial charge in [0, 0.05) is 24.4 Å². The zero-order valence-corrected chi connectivity index (χ0v) is 23.4. The summed E-state index contributed by atoms with van der Waals surface area (Å²) in [7, 11) is 0. The molecule has 1 aromatic heterocycles. The Hall–Kier alpha value is -3.85. The number of hydrogen-bond donors (Lipinski definition) is 3. The quantitative estimate of drug-likeness (QED) is 0.295. The number of halogens is 7. The van der Waals surface area contributed by atoms with Gasteiger partial charge in [0.15, 0.2) is 0 Å². The molecule has 9 nitrogen and oxygen atoms in total. The Balaban J connectivity index is 0.000000620. The van der Waals surface area contributed by atoms with Crippen LogP contribution in [0, 0.1) is 17.7 Å². The zero-order chi connectivity index (χ0) is 31.9. The monoisotopic (exact) mass is 623 g/mol. The van der Waals surface area contributed by atoms with E-state index < -0.39 is 72.1 Å². The van der Waals surface area contributed by atoms with Gasteiger partial charge in [-0.15, -0.1) is 13.2 Å². The third-order valence-corrected chi connectivity index (χ3v) is 6.64. The highest BCUT2D eigenvalue weighted by Crippen LogP contribution is 2.44. The van der Waals surface area contributed by atoms with Crippen LogP contribution in [-0.2, 0) is 16.1 Å². The van der Waals surface area contributed by atoms with Crippen LogP contribution >= 0.6 is 0 Å². The molecule has 0 bridgehead atoms. The summed E-state index contributed by atoms with van der Waals surface area (Å²) < 4.78 is 95.4. The van der Waals surface area contributed by atoms with E-state index in [-0.39, 0.29) is 5.69 Å². The van der Waals surface area contributed by atoms with Crippen molar-refractivity contribution >= 4 is 23.4 Å². The maximum atomic E-state index is 14.6. The van der Waals surface area contributed by atoms with E-state index in [0.717, 1.165) is 6.92 Å². The van der Waals surface area contributed by atoms with Crippen LogP contribution < -0.4 is 20.7 Å². The van der Waals surface area contributed by atoms with Crippen LogP contribution in [0.15, 0.2) is 24.4 Å². The molecular weight excluding hydrogens is 591 g/mol. The molecule has 2 aromatic rings. The van der Waals surface area contributed by atoms with Crippen LogP contribution in [0.25, 0.3) is 0 Å². The minimum atomic E-state index is -5.31. The number of carbonyl (C=O) groups is 3. The molecule has 2 saturated carbocycles. The molecular formula is C27H32F7N5O4. The van der Waals surface area contributed by atoms with Gasteiger partial charge in [-0.3, -0.25) is 19.1 Å². The largest absolute Gasteiger partial charge is 0.573 e. The van der Waals surface area contributed by atoms with Crippen molar-refractivity contribution in [1.29, 1.82) is 0 Å². The van der Waals surface area contributed by atoms with Crippen LogP contribution in [0.4, 0.5) is 36.4 Å². The van der Waals surface area contributed by atoms with Gasteiger partial charge < -0.3 is 20.7 Å². The average Bonchev–Trinajstić information content (AvgIpc) is 3.86. The van der Waals surface area contributed by atoms with E-state index in [2.05, 4.69) is 15.2 Å². The second kappa shape index (κ2) is 14.1. The normalized spacial score (nSPS) is 15.6. The number of nitrogens with zero attached hydrogens (tertiary/aromatic N) is 2. The number of aromatic nitrogens is 2. The predicted octanol–water partition coefficient (Wildman–Crippen LogP) is 5.29. The smallest absolute Gasteiger partial charge is 0.405 e. The standard InChI is InChI=1S/C20H20F7N5O4.C7H12/c1-3-32-14(4-5-30-32)18(35)28-8-16(33)31-13-7-15(36-20(25,26)27)11(6-12(13)21)10(2)17(34)29-9-19(22,23)24;1-2-6(1)5-7-3-4-7/h4-7,10H,3,8-9H2,1-2H3,(H,28,35)(H,29,34)(H,31,33);6-7H,1-5H2. The van der Waals surface area contributed by atoms with Crippen LogP contribution in [0.5, 0.6) is 5.75 Å². The van der Waals surface area contributed by atoms with Gasteiger partial charge in [0.05, 0.1) is 18.2 Å². The van der Waals surface area contributed by atoms with Crippen LogP contribution in [0.1, 0.15) is 67.9 Å². The minimum absolute atomic E-state index is 0.125. The number of rotatable bonds is 11. The van der Waals surface area contributed by atoms with E-state index in [1.807, 2.05) is 5.32 Å². The van der Waals surface area contributed by atoms with Gasteiger partial charge >= 0.3 is 12.5 Å². The Kier molecular flexibility index (Phi) is 11.0. The van der Waals surface area contributed by atoms with Crippen LogP contribution in [-0.4, -0.2) is 53.1 Å². The summed E-state index contributed by atoms with van der Waals surface area (Å²) >= 11 is 0. The Bertz CT molecular complexity index is 1280. The number of nitrogens with one attached hydrogen (secondary N) is 3. The summed E-state index contributed by atoms with van der Waals surface area (Å²) in [6.07, 6.45) is -0.958. The van der Waals surface area contributed by atoms with Crippen molar-refractivity contribution in [1.82, 2.24) is 20.4 Å². The molecule has 3 N–H and O–H groups in total. The second-order valence-corrected chi connectivity index (χ2v) is 10.4. The van der Waals surface area contributed by atoms with E-state index in [9.17, 15) is 45.1 Å². The highest BCUT2D eigenvalue weighted by Gasteiger charge is 2.35. The number of aryl methyl sites for hydroxylation is 1. The van der Waals surface area contributed by atoms with E-state index in [1.165, 1.54) is 34.1 Å². The van der Waals surface area contributed by atoms with Crippen molar-refractivity contribution in [3.63, 3.8) is 0 Å². The van der Waals surface area contributed by atoms with Crippen molar-refractivity contribution < 1.29 is 49.9 Å². The lowest BCUT2D eigenvalue weighted by atomic mass is 9.98. The van der Waals surface area contributed by atoms with Gasteiger partial charge in [0.2, 0.25) is 11.8 Å². The number of anilines is 1. The van der Waals surface area contributed by atoms with Gasteiger partial charge in [-0.25, -0.2) is 4.39 Å². The van der Waals surface area contributed by atoms with Crippen molar-refractivity contribution in [3.8, 4) is 5.75 Å². The molecule has 1 aromatic carbocycles. The zero-order valence-electron chi connectivity index (χ0n) is 23.4. The molecule has 2 aliphatic carbocycles. The molecule has 2 aliphatic rings. The lowest BCUT2D eigenvalue weighted by molar-refractivity contribution is -0.275. The lowest BCUT2D eigenvalue weighted by Crippen LogP contribution is -2.36. The summed E-state index contributed by atoms with van der Waals surface area (Å²) in [5.41, 5.74) is -1.39. The Morgan fingerprint density at radius 2 is 1.67 bits per heavy atom. The van der Waals surface area contributed by atoms with Gasteiger partial charge in [-0.05, 0) is 44.2 Å². The molecule has 43 heavy (non-hydrogen) atoms. The first-order chi connectivity index (χ1) is 20.1. The van der Waals surface area contributed by atoms with Gasteiger partial charge in [0.1, 0.15) is 23.8 Å². The maximum Gasteiger partial charge on any atom is 0.573 e. The molecule has 0 radical (unpaired) electrons. The fourth-order valence-electron chi connectivity index (χ4n) is 4.10. The maximum absolute atomic E-state index is 14.6. The summed E-state index contributed by atoms with van der Waals surface area (Å²) in [6, 6.07) is 2.23. The Morgan fingerprint density at radius 1 is 1.05 bits per heavy atom. The van der Waals surface area contributed by atoms with E-state index >= 15 is 0 Å². The van der Waals surface area contributed by atoms with E-state index in [4.69, 9.17) is 0 Å². The highest BCUT2D eigenvalue weighted by atomic mass is 19.4. The average molecular weight is 624 g/mol. The predicted molar refractivity (Wildman–Crippen MR) is 139 cm³/mol. The van der Waals surface area contributed by atoms with E-state index in [0.29, 0.717) is 18.7 Å².